The number of nitrogens with one attached hydrogen (secondary N) is 2. The van der Waals surface area contributed by atoms with Crippen LogP contribution < -0.4 is 10.6 Å². The van der Waals surface area contributed by atoms with E-state index >= 15 is 0 Å². The summed E-state index contributed by atoms with van der Waals surface area (Å²) >= 11 is 0. The Labute approximate surface area is 143 Å². The highest BCUT2D eigenvalue weighted by Gasteiger charge is 2.72. The van der Waals surface area contributed by atoms with Gasteiger partial charge in [-0.2, -0.15) is 26.3 Å². The molecule has 0 bridgehead atoms. The number of carbonyl (C=O) groups is 1. The summed E-state index contributed by atoms with van der Waals surface area (Å²) < 4.78 is 106. The third-order valence-corrected chi connectivity index (χ3v) is 3.27. The molecule has 0 aliphatic rings. The largest absolute Gasteiger partial charge is 0.420 e. The molecule has 0 saturated carbocycles. The van der Waals surface area contributed by atoms with Gasteiger partial charge in [-0.15, -0.1) is 0 Å². The number of hydrogen-bond acceptors (Lipinski definition) is 1. The first-order valence-electron chi connectivity index (χ1n) is 7.16. The van der Waals surface area contributed by atoms with E-state index in [4.69, 9.17) is 0 Å². The summed E-state index contributed by atoms with van der Waals surface area (Å²) in [6.07, 6.45) is -13.2. The van der Waals surface area contributed by atoms with Crippen molar-refractivity contribution in [2.45, 2.75) is 45.1 Å². The summed E-state index contributed by atoms with van der Waals surface area (Å²) in [7, 11) is 0. The van der Waals surface area contributed by atoms with Gasteiger partial charge in [0.15, 0.2) is 11.6 Å². The number of halogens is 8. The minimum Gasteiger partial charge on any atom is -0.316 e. The van der Waals surface area contributed by atoms with Gasteiger partial charge in [-0.3, -0.25) is 0 Å². The van der Waals surface area contributed by atoms with Crippen LogP contribution in [-0.4, -0.2) is 23.9 Å². The minimum absolute atomic E-state index is 0.418. The zero-order chi connectivity index (χ0) is 20.6. The van der Waals surface area contributed by atoms with E-state index in [2.05, 4.69) is 0 Å². The Morgan fingerprint density at radius 1 is 0.923 bits per heavy atom. The van der Waals surface area contributed by atoms with Crippen molar-refractivity contribution in [1.82, 2.24) is 5.32 Å². The molecular formula is C15H16F8N2O. The number of anilines is 1. The normalized spacial score (nSPS) is 13.5. The molecule has 148 valence electrons. The van der Waals surface area contributed by atoms with Crippen molar-refractivity contribution >= 4 is 11.7 Å². The van der Waals surface area contributed by atoms with Gasteiger partial charge in [0.2, 0.25) is 5.54 Å². The van der Waals surface area contributed by atoms with Crippen LogP contribution in [0.2, 0.25) is 0 Å². The first-order chi connectivity index (χ1) is 11.5. The molecule has 2 N–H and O–H groups in total. The van der Waals surface area contributed by atoms with E-state index in [-0.39, 0.29) is 0 Å². The summed E-state index contributed by atoms with van der Waals surface area (Å²) in [4.78, 5) is 11.8. The lowest BCUT2D eigenvalue weighted by Crippen LogP contribution is -2.69. The Hall–Kier alpha value is -2.07. The van der Waals surface area contributed by atoms with Crippen LogP contribution in [0.25, 0.3) is 0 Å². The molecule has 0 unspecified atom stereocenters. The second-order valence-electron chi connectivity index (χ2n) is 6.85. The zero-order valence-electron chi connectivity index (χ0n) is 13.9. The van der Waals surface area contributed by atoms with E-state index in [1.807, 2.05) is 0 Å². The summed E-state index contributed by atoms with van der Waals surface area (Å²) in [6.45, 7) is 3.44. The van der Waals surface area contributed by atoms with E-state index in [1.165, 1.54) is 0 Å². The van der Waals surface area contributed by atoms with Crippen LogP contribution in [0.4, 0.5) is 45.6 Å². The quantitative estimate of drug-likeness (QED) is 0.666. The summed E-state index contributed by atoms with van der Waals surface area (Å²) in [5.74, 6) is -2.74. The van der Waals surface area contributed by atoms with Crippen molar-refractivity contribution in [3.05, 3.63) is 29.8 Å². The lowest BCUT2D eigenvalue weighted by Gasteiger charge is -2.41. The lowest BCUT2D eigenvalue weighted by molar-refractivity contribution is -0.310. The van der Waals surface area contributed by atoms with Crippen LogP contribution in [-0.2, 0) is 0 Å². The molecule has 0 fully saturated rings. The predicted molar refractivity (Wildman–Crippen MR) is 77.4 cm³/mol. The van der Waals surface area contributed by atoms with Crippen molar-refractivity contribution in [3.8, 4) is 0 Å². The highest BCUT2D eigenvalue weighted by Crippen LogP contribution is 2.49. The maximum absolute atomic E-state index is 13.3. The minimum atomic E-state index is -5.86. The van der Waals surface area contributed by atoms with Crippen molar-refractivity contribution in [2.75, 3.05) is 5.32 Å². The fourth-order valence-corrected chi connectivity index (χ4v) is 2.27. The molecule has 0 aliphatic carbocycles. The van der Waals surface area contributed by atoms with Crippen LogP contribution >= 0.6 is 0 Å². The fraction of sp³-hybridized carbons (Fsp3) is 0.533. The van der Waals surface area contributed by atoms with Gasteiger partial charge in [0, 0.05) is 11.8 Å². The van der Waals surface area contributed by atoms with Gasteiger partial charge >= 0.3 is 18.4 Å². The lowest BCUT2D eigenvalue weighted by atomic mass is 9.78. The van der Waals surface area contributed by atoms with E-state index in [1.54, 1.807) is 5.32 Å². The molecule has 0 radical (unpaired) electrons. The maximum Gasteiger partial charge on any atom is 0.420 e. The van der Waals surface area contributed by atoms with Crippen molar-refractivity contribution < 1.29 is 39.9 Å². The molecule has 0 aromatic heterocycles. The fourth-order valence-electron chi connectivity index (χ4n) is 2.27. The number of rotatable bonds is 3. The van der Waals surface area contributed by atoms with E-state index in [0.29, 0.717) is 12.1 Å². The van der Waals surface area contributed by atoms with Crippen LogP contribution in [0.3, 0.4) is 0 Å². The first-order valence-corrected chi connectivity index (χ1v) is 7.16. The molecule has 3 nitrogen and oxygen atoms in total. The van der Waals surface area contributed by atoms with Crippen molar-refractivity contribution in [3.63, 3.8) is 0 Å². The van der Waals surface area contributed by atoms with Gasteiger partial charge < -0.3 is 10.6 Å². The Balaban J connectivity index is 3.22. The van der Waals surface area contributed by atoms with Gasteiger partial charge in [-0.1, -0.05) is 20.8 Å². The molecule has 0 saturated heterocycles. The van der Waals surface area contributed by atoms with Gasteiger partial charge in [0.05, 0.1) is 0 Å². The molecule has 0 spiro atoms. The van der Waals surface area contributed by atoms with E-state index in [0.717, 1.165) is 32.2 Å². The average molecular weight is 392 g/mol. The maximum atomic E-state index is 13.3. The summed E-state index contributed by atoms with van der Waals surface area (Å²) in [5, 5.41) is 2.57. The van der Waals surface area contributed by atoms with Gasteiger partial charge in [-0.05, 0) is 24.0 Å². The Bertz CT molecular complexity index is 647. The number of benzene rings is 1. The van der Waals surface area contributed by atoms with E-state index < -0.39 is 53.1 Å². The van der Waals surface area contributed by atoms with Crippen LogP contribution in [0.15, 0.2) is 18.2 Å². The summed E-state index contributed by atoms with van der Waals surface area (Å²) in [5.41, 5.74) is -6.50. The molecule has 2 amide bonds. The highest BCUT2D eigenvalue weighted by molar-refractivity contribution is 5.90. The topological polar surface area (TPSA) is 41.1 Å². The summed E-state index contributed by atoms with van der Waals surface area (Å²) in [6, 6.07) is -0.109. The Kier molecular flexibility index (Phi) is 5.84. The second kappa shape index (κ2) is 6.92. The van der Waals surface area contributed by atoms with Crippen LogP contribution in [0.5, 0.6) is 0 Å². The molecule has 0 aliphatic heterocycles. The number of amides is 2. The predicted octanol–water partition coefficient (Wildman–Crippen LogP) is 5.39. The standard InChI is InChI=1S/C15H16F8N2O/c1-12(2,3)7-13(14(18,19)20,15(21,22)23)25-11(26)24-8-4-5-9(16)10(17)6-8/h4-6H,7H2,1-3H3,(H2,24,25,26). The molecule has 1 aromatic carbocycles. The molecule has 1 aromatic rings. The second-order valence-corrected chi connectivity index (χ2v) is 6.85. The number of urea groups is 1. The van der Waals surface area contributed by atoms with Crippen LogP contribution in [0.1, 0.15) is 27.2 Å². The molecule has 1 rings (SSSR count). The monoisotopic (exact) mass is 392 g/mol. The van der Waals surface area contributed by atoms with Gasteiger partial charge in [0.1, 0.15) is 0 Å². The Morgan fingerprint density at radius 3 is 1.81 bits per heavy atom. The highest BCUT2D eigenvalue weighted by atomic mass is 19.4. The smallest absolute Gasteiger partial charge is 0.316 e. The average Bonchev–Trinajstić information content (AvgIpc) is 2.38. The van der Waals surface area contributed by atoms with Crippen molar-refractivity contribution in [2.24, 2.45) is 5.41 Å². The number of hydrogen-bond donors (Lipinski definition) is 2. The molecule has 11 heteroatoms. The van der Waals surface area contributed by atoms with Crippen molar-refractivity contribution in [1.29, 1.82) is 0 Å². The first kappa shape index (κ1) is 22.0. The van der Waals surface area contributed by atoms with Gasteiger partial charge in [0.25, 0.3) is 0 Å². The van der Waals surface area contributed by atoms with Crippen LogP contribution in [0, 0.1) is 17.0 Å². The van der Waals surface area contributed by atoms with E-state index in [9.17, 15) is 39.9 Å². The molecular weight excluding hydrogens is 376 g/mol. The number of carbonyl (C=O) groups excluding carboxylic acids is 1. The number of alkyl halides is 6. The van der Waals surface area contributed by atoms with Gasteiger partial charge in [-0.25, -0.2) is 13.6 Å². The molecule has 0 heterocycles. The zero-order valence-corrected chi connectivity index (χ0v) is 13.9. The molecule has 26 heavy (non-hydrogen) atoms. The molecule has 0 atom stereocenters. The third-order valence-electron chi connectivity index (χ3n) is 3.27. The third kappa shape index (κ3) is 4.98. The SMILES string of the molecule is CC(C)(C)CC(NC(=O)Nc1ccc(F)c(F)c1)(C(F)(F)F)C(F)(F)F. The Morgan fingerprint density at radius 2 is 1.42 bits per heavy atom.